The maximum Gasteiger partial charge on any atom is 0.474 e. The van der Waals surface area contributed by atoms with E-state index in [9.17, 15) is 18.7 Å². The molecular formula is C26H33IN7O15P3S. The Morgan fingerprint density at radius 1 is 0.811 bits per heavy atom. The molecule has 1 fully saturated rings. The zero-order chi connectivity index (χ0) is 39.4. The first-order valence-electron chi connectivity index (χ1n) is 15.0. The van der Waals surface area contributed by atoms with Gasteiger partial charge in [0.15, 0.2) is 6.23 Å². The van der Waals surface area contributed by atoms with E-state index in [2.05, 4.69) is 4.98 Å². The fourth-order valence-corrected chi connectivity index (χ4v) is 8.78. The molecule has 27 heteroatoms. The largest absolute Gasteiger partial charge is 0.474 e. The smallest absolute Gasteiger partial charge is 0.374 e. The van der Waals surface area contributed by atoms with Gasteiger partial charge in [-0.25, -0.2) is 16.8 Å². The van der Waals surface area contributed by atoms with Crippen molar-refractivity contribution in [3.05, 3.63) is 33.1 Å². The van der Waals surface area contributed by atoms with Crippen molar-refractivity contribution in [1.82, 2.24) is 9.55 Å². The lowest BCUT2D eigenvalue weighted by molar-refractivity contribution is -0.146. The predicted molar refractivity (Wildman–Crippen MR) is 187 cm³/mol. The average molecular weight is 935 g/mol. The van der Waals surface area contributed by atoms with Crippen LogP contribution in [0.3, 0.4) is 0 Å². The van der Waals surface area contributed by atoms with Crippen molar-refractivity contribution in [3.8, 4) is 30.3 Å². The van der Waals surface area contributed by atoms with E-state index in [1.807, 2.05) is 6.07 Å². The second kappa shape index (κ2) is 23.4. The third kappa shape index (κ3) is 14.6. The lowest BCUT2D eigenvalue weighted by atomic mass is 9.97. The maximum atomic E-state index is 13.8. The topological polar surface area (TPSA) is 309 Å². The Balaban J connectivity index is 2.81. The molecule has 0 spiro atoms. The molecule has 1 aliphatic rings. The fourth-order valence-electron chi connectivity index (χ4n) is 4.16. The Morgan fingerprint density at radius 3 is 1.62 bits per heavy atom. The Bertz CT molecular complexity index is 1730. The van der Waals surface area contributed by atoms with E-state index in [0.717, 1.165) is 16.8 Å². The monoisotopic (exact) mass is 935 g/mol. The van der Waals surface area contributed by atoms with E-state index in [1.54, 1.807) is 24.3 Å². The molecule has 1 aliphatic heterocycles. The first-order chi connectivity index (χ1) is 25.3. The van der Waals surface area contributed by atoms with E-state index in [0.29, 0.717) is 0 Å². The highest BCUT2D eigenvalue weighted by atomic mass is 127. The van der Waals surface area contributed by atoms with Crippen LogP contribution in [0.5, 0.6) is 0 Å². The molecule has 1 saturated heterocycles. The van der Waals surface area contributed by atoms with Crippen molar-refractivity contribution >= 4 is 57.2 Å². The number of aromatic amines is 1. The number of H-pyrrole nitrogens is 1. The summed E-state index contributed by atoms with van der Waals surface area (Å²) in [6.45, 7) is -7.96. The summed E-state index contributed by atoms with van der Waals surface area (Å²) >= 11 is 6.94. The molecule has 4 atom stereocenters. The number of halogens is 1. The van der Waals surface area contributed by atoms with E-state index in [4.69, 9.17) is 86.6 Å². The Hall–Kier alpha value is -2.47. The van der Waals surface area contributed by atoms with Gasteiger partial charge in [0, 0.05) is 19.4 Å². The second-order valence-electron chi connectivity index (χ2n) is 9.98. The summed E-state index contributed by atoms with van der Waals surface area (Å²) in [5, 5.41) is 45.1. The molecule has 0 aliphatic carbocycles. The quantitative estimate of drug-likeness (QED) is 0.0786. The summed E-state index contributed by atoms with van der Waals surface area (Å²) in [5.74, 6) is 0. The molecule has 0 amide bonds. The number of phosphoric ester groups is 2. The van der Waals surface area contributed by atoms with E-state index in [1.165, 1.54) is 30.1 Å². The maximum absolute atomic E-state index is 13.8. The number of phosphoric acid groups is 2. The van der Waals surface area contributed by atoms with Gasteiger partial charge >= 0.3 is 28.1 Å². The van der Waals surface area contributed by atoms with Crippen LogP contribution < -0.4 is 11.2 Å². The minimum atomic E-state index is -4.69. The highest BCUT2D eigenvalue weighted by Gasteiger charge is 2.61. The molecule has 2 heterocycles. The minimum Gasteiger partial charge on any atom is -0.374 e. The minimum absolute atomic E-state index is 0.143. The van der Waals surface area contributed by atoms with Gasteiger partial charge in [-0.3, -0.25) is 46.0 Å². The molecule has 53 heavy (non-hydrogen) atoms. The molecule has 2 rings (SSSR count). The Morgan fingerprint density at radius 2 is 1.25 bits per heavy atom. The normalized spacial score (nSPS) is 19.2. The molecule has 1 aromatic rings. The molecule has 1 aromatic heterocycles. The number of hydrogen-bond acceptors (Lipinski definition) is 21. The lowest BCUT2D eigenvalue weighted by Gasteiger charge is -2.37. The first kappa shape index (κ1) is 46.7. The zero-order valence-electron chi connectivity index (χ0n) is 27.8. The fraction of sp³-hybridized carbons (Fsp3) is 0.654. The van der Waals surface area contributed by atoms with E-state index < -0.39 is 97.3 Å². The van der Waals surface area contributed by atoms with Gasteiger partial charge in [0.2, 0.25) is 0 Å². The van der Waals surface area contributed by atoms with Crippen molar-refractivity contribution in [2.24, 2.45) is 0 Å². The summed E-state index contributed by atoms with van der Waals surface area (Å²) < 4.78 is 90.2. The summed E-state index contributed by atoms with van der Waals surface area (Å²) in [5.41, 5.74) is -4.05. The molecule has 0 saturated carbocycles. The van der Waals surface area contributed by atoms with Gasteiger partial charge in [0.25, 0.3) is 5.56 Å². The molecule has 3 unspecified atom stereocenters. The Labute approximate surface area is 322 Å². The average Bonchev–Trinajstić information content (AvgIpc) is 3.43. The van der Waals surface area contributed by atoms with Crippen LogP contribution in [0.15, 0.2) is 21.9 Å². The van der Waals surface area contributed by atoms with Gasteiger partial charge in [-0.1, -0.05) is 0 Å². The number of rotatable bonds is 26. The second-order valence-corrected chi connectivity index (χ2v) is 17.3. The standard InChI is InChI=1S/C26H33IN7O15P3S/c1-39-22-23(48-52(53,49-27)44-18-6-12-32)26(47-24(22)34-13-7-21(35)33-25(34)36,19-45-50(37,40-14-2-8-28)41-15-3-9-29)20-46-51(38,42-16-4-10-30)43-17-5-11-31/h7,13,22-24H,2-6,14-20H2,1H3,(H,33,35,36)/t22?,23?,24-,52?/m1/s1. The number of nitrogens with zero attached hydrogens (tertiary/aromatic N) is 6. The first-order valence-corrected chi connectivity index (χ1v) is 21.4. The predicted octanol–water partition coefficient (Wildman–Crippen LogP) is 3.70. The van der Waals surface area contributed by atoms with Crippen LogP contribution in [0, 0.1) is 56.7 Å². The summed E-state index contributed by atoms with van der Waals surface area (Å²) in [6, 6.07) is 10.0. The van der Waals surface area contributed by atoms with Crippen LogP contribution in [0.1, 0.15) is 38.3 Å². The van der Waals surface area contributed by atoms with Crippen LogP contribution in [-0.2, 0) is 69.5 Å². The number of methoxy groups -OCH3 is 1. The summed E-state index contributed by atoms with van der Waals surface area (Å²) in [6.07, 6.45) is -4.81. The third-order valence-corrected chi connectivity index (χ3v) is 13.6. The Kier molecular flexibility index (Phi) is 20.7. The van der Waals surface area contributed by atoms with Gasteiger partial charge in [-0.15, -0.1) is 0 Å². The highest BCUT2D eigenvalue weighted by Crippen LogP contribution is 2.60. The van der Waals surface area contributed by atoms with Gasteiger partial charge < -0.3 is 14.0 Å². The number of nitrogens with one attached hydrogen (secondary N) is 1. The van der Waals surface area contributed by atoms with Gasteiger partial charge in [-0.05, 0) is 11.8 Å². The van der Waals surface area contributed by atoms with Crippen molar-refractivity contribution in [3.63, 3.8) is 0 Å². The molecule has 22 nitrogen and oxygen atoms in total. The summed E-state index contributed by atoms with van der Waals surface area (Å²) in [4.78, 5) is 27.0. The van der Waals surface area contributed by atoms with E-state index >= 15 is 0 Å². The lowest BCUT2D eigenvalue weighted by Crippen LogP contribution is -2.52. The molecule has 290 valence electrons. The molecular weight excluding hydrogens is 902 g/mol. The highest BCUT2D eigenvalue weighted by molar-refractivity contribution is 14.1. The van der Waals surface area contributed by atoms with Gasteiger partial charge in [0.05, 0.1) is 109 Å². The molecule has 0 aromatic carbocycles. The third-order valence-electron chi connectivity index (χ3n) is 6.43. The van der Waals surface area contributed by atoms with Crippen LogP contribution in [0.25, 0.3) is 0 Å². The van der Waals surface area contributed by atoms with Crippen LogP contribution >= 0.6 is 45.4 Å². The van der Waals surface area contributed by atoms with Crippen molar-refractivity contribution in [1.29, 1.82) is 26.3 Å². The van der Waals surface area contributed by atoms with E-state index in [-0.39, 0.29) is 38.7 Å². The number of nitriles is 5. The van der Waals surface area contributed by atoms with Crippen LogP contribution in [0.4, 0.5) is 0 Å². The van der Waals surface area contributed by atoms with Crippen molar-refractivity contribution in [2.75, 3.05) is 53.4 Å². The van der Waals surface area contributed by atoms with Gasteiger partial charge in [-0.2, -0.15) is 26.3 Å². The molecule has 0 radical (unpaired) electrons. The number of aromatic nitrogens is 2. The van der Waals surface area contributed by atoms with Crippen molar-refractivity contribution in [2.45, 2.75) is 56.1 Å². The van der Waals surface area contributed by atoms with Gasteiger partial charge in [0.1, 0.15) is 40.8 Å². The number of ether oxygens (including phenoxy) is 2. The zero-order valence-corrected chi connectivity index (χ0v) is 33.5. The van der Waals surface area contributed by atoms with Crippen LogP contribution in [-0.4, -0.2) is 80.7 Å². The molecule has 1 N–H and O–H groups in total. The van der Waals surface area contributed by atoms with Crippen LogP contribution in [0.2, 0.25) is 0 Å². The number of hydrogen-bond donors (Lipinski definition) is 1. The summed E-state index contributed by atoms with van der Waals surface area (Å²) in [7, 11) is -8.21. The molecule has 0 bridgehead atoms. The van der Waals surface area contributed by atoms with Crippen molar-refractivity contribution < 1.29 is 57.6 Å². The SMILES string of the molecule is COC1C(OP(=S)(OI)OCCC#N)C(COP(=O)(OCCC#N)OCCC#N)(COP(=O)(OCCC#N)OCCC#N)O[C@H]1n1ccc(=O)[nH]c1=O.